The second-order valence-electron chi connectivity index (χ2n) is 6.01. The zero-order valence-electron chi connectivity index (χ0n) is 12.1. The Kier molecular flexibility index (Phi) is 6.72. The van der Waals surface area contributed by atoms with Crippen molar-refractivity contribution < 1.29 is 9.53 Å². The lowest BCUT2D eigenvalue weighted by molar-refractivity contribution is -0.136. The second-order valence-corrected chi connectivity index (χ2v) is 6.01. The van der Waals surface area contributed by atoms with Crippen LogP contribution in [0.3, 0.4) is 0 Å². The molecule has 0 saturated carbocycles. The zero-order valence-corrected chi connectivity index (χ0v) is 12.1. The molecule has 0 unspecified atom stereocenters. The van der Waals surface area contributed by atoms with E-state index in [-0.39, 0.29) is 11.3 Å². The number of methoxy groups -OCH3 is 1. The van der Waals surface area contributed by atoms with Crippen LogP contribution in [-0.2, 0) is 9.53 Å². The molecule has 4 heteroatoms. The van der Waals surface area contributed by atoms with Crippen molar-refractivity contribution in [2.75, 3.05) is 26.8 Å². The van der Waals surface area contributed by atoms with E-state index in [1.54, 1.807) is 7.11 Å². The summed E-state index contributed by atoms with van der Waals surface area (Å²) in [6, 6.07) is -0.460. The molecule has 0 aliphatic heterocycles. The van der Waals surface area contributed by atoms with E-state index in [0.29, 0.717) is 19.1 Å². The molecule has 0 aliphatic rings. The molecule has 0 rings (SSSR count). The summed E-state index contributed by atoms with van der Waals surface area (Å²) in [6.07, 6.45) is 0. The van der Waals surface area contributed by atoms with Gasteiger partial charge in [-0.25, -0.2) is 0 Å². The van der Waals surface area contributed by atoms with Gasteiger partial charge < -0.3 is 15.4 Å². The first kappa shape index (κ1) is 16.4. The number of amides is 1. The fourth-order valence-electron chi connectivity index (χ4n) is 1.50. The van der Waals surface area contributed by atoms with Gasteiger partial charge in [-0.05, 0) is 11.3 Å². The van der Waals surface area contributed by atoms with Crippen molar-refractivity contribution in [3.63, 3.8) is 0 Å². The third-order valence-corrected chi connectivity index (χ3v) is 2.66. The summed E-state index contributed by atoms with van der Waals surface area (Å²) >= 11 is 0. The summed E-state index contributed by atoms with van der Waals surface area (Å²) in [4.78, 5) is 14.1. The number of nitrogens with two attached hydrogens (primary N) is 1. The summed E-state index contributed by atoms with van der Waals surface area (Å²) in [6.45, 7) is 12.0. The number of hydrogen-bond acceptors (Lipinski definition) is 3. The van der Waals surface area contributed by atoms with Gasteiger partial charge in [0.15, 0.2) is 0 Å². The average Bonchev–Trinajstić information content (AvgIpc) is 2.20. The van der Waals surface area contributed by atoms with Crippen LogP contribution in [0.2, 0.25) is 0 Å². The summed E-state index contributed by atoms with van der Waals surface area (Å²) in [5.41, 5.74) is 5.80. The molecule has 0 heterocycles. The zero-order chi connectivity index (χ0) is 13.6. The van der Waals surface area contributed by atoms with Gasteiger partial charge in [-0.3, -0.25) is 4.79 Å². The van der Waals surface area contributed by atoms with E-state index in [9.17, 15) is 4.79 Å². The lowest BCUT2D eigenvalue weighted by Crippen LogP contribution is -2.52. The van der Waals surface area contributed by atoms with Gasteiger partial charge in [0, 0.05) is 20.2 Å². The van der Waals surface area contributed by atoms with Crippen LogP contribution < -0.4 is 5.73 Å². The fourth-order valence-corrected chi connectivity index (χ4v) is 1.50. The molecule has 0 saturated heterocycles. The largest absolute Gasteiger partial charge is 0.383 e. The van der Waals surface area contributed by atoms with Gasteiger partial charge in [-0.15, -0.1) is 0 Å². The third kappa shape index (κ3) is 6.03. The first-order valence-corrected chi connectivity index (χ1v) is 6.23. The molecule has 2 N–H and O–H groups in total. The minimum Gasteiger partial charge on any atom is -0.383 e. The highest BCUT2D eigenvalue weighted by molar-refractivity contribution is 5.82. The van der Waals surface area contributed by atoms with Crippen molar-refractivity contribution in [1.29, 1.82) is 0 Å². The second kappa shape index (κ2) is 6.97. The van der Waals surface area contributed by atoms with Crippen LogP contribution in [-0.4, -0.2) is 43.7 Å². The molecule has 0 aromatic carbocycles. The van der Waals surface area contributed by atoms with Crippen LogP contribution in [0.4, 0.5) is 0 Å². The van der Waals surface area contributed by atoms with Crippen molar-refractivity contribution in [2.24, 2.45) is 17.1 Å². The molecule has 0 aromatic rings. The van der Waals surface area contributed by atoms with Crippen molar-refractivity contribution in [2.45, 2.75) is 40.7 Å². The highest BCUT2D eigenvalue weighted by Crippen LogP contribution is 2.19. The Hall–Kier alpha value is -0.610. The fraction of sp³-hybridized carbons (Fsp3) is 0.923. The molecular weight excluding hydrogens is 216 g/mol. The molecule has 0 spiro atoms. The number of rotatable bonds is 6. The highest BCUT2D eigenvalue weighted by Gasteiger charge is 2.31. The lowest BCUT2D eigenvalue weighted by atomic mass is 9.86. The lowest BCUT2D eigenvalue weighted by Gasteiger charge is -2.32. The van der Waals surface area contributed by atoms with Crippen LogP contribution >= 0.6 is 0 Å². The van der Waals surface area contributed by atoms with E-state index >= 15 is 0 Å². The van der Waals surface area contributed by atoms with Gasteiger partial charge in [0.1, 0.15) is 0 Å². The van der Waals surface area contributed by atoms with E-state index < -0.39 is 6.04 Å². The third-order valence-electron chi connectivity index (χ3n) is 2.66. The minimum atomic E-state index is -0.460. The maximum absolute atomic E-state index is 12.3. The molecule has 4 nitrogen and oxygen atoms in total. The number of carbonyl (C=O) groups is 1. The quantitative estimate of drug-likeness (QED) is 0.770. The van der Waals surface area contributed by atoms with Crippen molar-refractivity contribution in [3.8, 4) is 0 Å². The normalized spacial score (nSPS) is 13.9. The summed E-state index contributed by atoms with van der Waals surface area (Å²) in [5, 5.41) is 0. The van der Waals surface area contributed by atoms with Gasteiger partial charge in [-0.2, -0.15) is 0 Å². The standard InChI is InChI=1S/C13H28N2O2/c1-10(2)9-15(7-8-17-6)12(16)11(14)13(3,4)5/h10-11H,7-9,14H2,1-6H3/t11-/m0/s1. The predicted octanol–water partition coefficient (Wildman–Crippen LogP) is 1.49. The first-order valence-electron chi connectivity index (χ1n) is 6.23. The smallest absolute Gasteiger partial charge is 0.240 e. The van der Waals surface area contributed by atoms with E-state index in [4.69, 9.17) is 10.5 Å². The highest BCUT2D eigenvalue weighted by atomic mass is 16.5. The topological polar surface area (TPSA) is 55.6 Å². The van der Waals surface area contributed by atoms with Crippen molar-refractivity contribution >= 4 is 5.91 Å². The molecule has 0 bridgehead atoms. The Balaban J connectivity index is 4.61. The molecular formula is C13H28N2O2. The molecule has 1 atom stereocenters. The van der Waals surface area contributed by atoms with E-state index in [1.165, 1.54) is 0 Å². The SMILES string of the molecule is COCCN(CC(C)C)C(=O)[C@H](N)C(C)(C)C. The first-order chi connectivity index (χ1) is 7.70. The monoisotopic (exact) mass is 244 g/mol. The van der Waals surface area contributed by atoms with Crippen LogP contribution in [0.1, 0.15) is 34.6 Å². The van der Waals surface area contributed by atoms with E-state index in [2.05, 4.69) is 13.8 Å². The van der Waals surface area contributed by atoms with Crippen LogP contribution in [0.25, 0.3) is 0 Å². The maximum atomic E-state index is 12.3. The van der Waals surface area contributed by atoms with Crippen LogP contribution in [0.5, 0.6) is 0 Å². The van der Waals surface area contributed by atoms with Crippen molar-refractivity contribution in [1.82, 2.24) is 4.90 Å². The van der Waals surface area contributed by atoms with E-state index in [0.717, 1.165) is 6.54 Å². The predicted molar refractivity (Wildman–Crippen MR) is 70.7 cm³/mol. The molecule has 0 fully saturated rings. The molecule has 0 aromatic heterocycles. The Labute approximate surface area is 105 Å². The van der Waals surface area contributed by atoms with Gasteiger partial charge in [0.05, 0.1) is 12.6 Å². The molecule has 0 radical (unpaired) electrons. The Morgan fingerprint density at radius 1 is 1.35 bits per heavy atom. The van der Waals surface area contributed by atoms with E-state index in [1.807, 2.05) is 25.7 Å². The Morgan fingerprint density at radius 3 is 2.24 bits per heavy atom. The van der Waals surface area contributed by atoms with Gasteiger partial charge in [0.2, 0.25) is 5.91 Å². The Morgan fingerprint density at radius 2 is 1.88 bits per heavy atom. The molecule has 0 aliphatic carbocycles. The summed E-state index contributed by atoms with van der Waals surface area (Å²) in [5.74, 6) is 0.450. The molecule has 102 valence electrons. The van der Waals surface area contributed by atoms with Gasteiger partial charge >= 0.3 is 0 Å². The molecule has 17 heavy (non-hydrogen) atoms. The number of hydrogen-bond donors (Lipinski definition) is 1. The number of nitrogens with zero attached hydrogens (tertiary/aromatic N) is 1. The van der Waals surface area contributed by atoms with Crippen molar-refractivity contribution in [3.05, 3.63) is 0 Å². The van der Waals surface area contributed by atoms with Crippen LogP contribution in [0.15, 0.2) is 0 Å². The summed E-state index contributed by atoms with van der Waals surface area (Å²) < 4.78 is 5.03. The Bertz CT molecular complexity index is 234. The number of carbonyl (C=O) groups excluding carboxylic acids is 1. The van der Waals surface area contributed by atoms with Crippen LogP contribution in [0, 0.1) is 11.3 Å². The summed E-state index contributed by atoms with van der Waals surface area (Å²) in [7, 11) is 1.64. The number of ether oxygens (including phenoxy) is 1. The average molecular weight is 244 g/mol. The minimum absolute atomic E-state index is 0.0169. The van der Waals surface area contributed by atoms with Gasteiger partial charge in [-0.1, -0.05) is 34.6 Å². The maximum Gasteiger partial charge on any atom is 0.240 e. The molecule has 1 amide bonds. The van der Waals surface area contributed by atoms with Gasteiger partial charge in [0.25, 0.3) is 0 Å².